The molecule has 3 rings (SSSR count). The monoisotopic (exact) mass is 277 g/mol. The molecular formula is C14H23N5O. The van der Waals surface area contributed by atoms with E-state index in [0.717, 1.165) is 19.4 Å². The van der Waals surface area contributed by atoms with Gasteiger partial charge in [-0.15, -0.1) is 0 Å². The third-order valence-electron chi connectivity index (χ3n) is 4.68. The molecule has 0 bridgehead atoms. The van der Waals surface area contributed by atoms with Crippen LogP contribution in [0, 0.1) is 5.92 Å². The van der Waals surface area contributed by atoms with Gasteiger partial charge >= 0.3 is 6.03 Å². The van der Waals surface area contributed by atoms with Crippen LogP contribution in [-0.2, 0) is 7.05 Å². The van der Waals surface area contributed by atoms with E-state index >= 15 is 0 Å². The molecule has 2 amide bonds. The number of rotatable bonds is 2. The molecule has 1 aliphatic carbocycles. The standard InChI is InChI=1S/C14H23N5O/c1-18-13(15-10-16-18)17-14(20)19-9-5-8-12(19)11-6-3-2-4-7-11/h10-12H,2-9H2,1H3,(H,15,16,17,20)/t12-/m0/s1. The Morgan fingerprint density at radius 2 is 2.05 bits per heavy atom. The minimum absolute atomic E-state index is 0.0193. The molecule has 1 atom stereocenters. The third-order valence-corrected chi connectivity index (χ3v) is 4.68. The summed E-state index contributed by atoms with van der Waals surface area (Å²) in [5, 5.41) is 6.86. The molecule has 1 saturated carbocycles. The summed E-state index contributed by atoms with van der Waals surface area (Å²) in [5.41, 5.74) is 0. The summed E-state index contributed by atoms with van der Waals surface area (Å²) in [4.78, 5) is 18.5. The number of carbonyl (C=O) groups excluding carboxylic acids is 1. The van der Waals surface area contributed by atoms with Crippen molar-refractivity contribution < 1.29 is 4.79 Å². The van der Waals surface area contributed by atoms with E-state index in [4.69, 9.17) is 0 Å². The van der Waals surface area contributed by atoms with Crippen LogP contribution in [0.2, 0.25) is 0 Å². The van der Waals surface area contributed by atoms with Gasteiger partial charge in [0.1, 0.15) is 6.33 Å². The van der Waals surface area contributed by atoms with Gasteiger partial charge in [-0.25, -0.2) is 9.48 Å². The number of hydrogen-bond donors (Lipinski definition) is 1. The summed E-state index contributed by atoms with van der Waals surface area (Å²) in [7, 11) is 1.78. The highest BCUT2D eigenvalue weighted by molar-refractivity contribution is 5.87. The summed E-state index contributed by atoms with van der Waals surface area (Å²) in [6, 6.07) is 0.401. The van der Waals surface area contributed by atoms with E-state index in [1.54, 1.807) is 11.7 Å². The maximum Gasteiger partial charge on any atom is 0.324 e. The molecule has 1 saturated heterocycles. The zero-order chi connectivity index (χ0) is 13.9. The number of aryl methyl sites for hydroxylation is 1. The lowest BCUT2D eigenvalue weighted by molar-refractivity contribution is 0.166. The summed E-state index contributed by atoms with van der Waals surface area (Å²) in [6.07, 6.45) is 10.3. The van der Waals surface area contributed by atoms with Crippen LogP contribution in [-0.4, -0.2) is 38.3 Å². The number of urea groups is 1. The van der Waals surface area contributed by atoms with Crippen LogP contribution in [0.5, 0.6) is 0 Å². The molecule has 1 aromatic rings. The van der Waals surface area contributed by atoms with Crippen molar-refractivity contribution in [1.82, 2.24) is 19.7 Å². The lowest BCUT2D eigenvalue weighted by Crippen LogP contribution is -2.43. The van der Waals surface area contributed by atoms with Crippen LogP contribution in [0.3, 0.4) is 0 Å². The molecule has 0 spiro atoms. The maximum atomic E-state index is 12.5. The first-order valence-electron chi connectivity index (χ1n) is 7.67. The first-order valence-corrected chi connectivity index (χ1v) is 7.67. The second-order valence-corrected chi connectivity index (χ2v) is 5.94. The lowest BCUT2D eigenvalue weighted by Gasteiger charge is -2.33. The van der Waals surface area contributed by atoms with Gasteiger partial charge in [-0.05, 0) is 31.6 Å². The number of carbonyl (C=O) groups is 1. The molecular weight excluding hydrogens is 254 g/mol. The van der Waals surface area contributed by atoms with Gasteiger partial charge in [-0.2, -0.15) is 10.1 Å². The third kappa shape index (κ3) is 2.64. The Hall–Kier alpha value is -1.59. The van der Waals surface area contributed by atoms with Crippen molar-refractivity contribution in [3.63, 3.8) is 0 Å². The topological polar surface area (TPSA) is 63.1 Å². The van der Waals surface area contributed by atoms with Crippen molar-refractivity contribution in [2.75, 3.05) is 11.9 Å². The average Bonchev–Trinajstić information content (AvgIpc) is 3.09. The zero-order valence-corrected chi connectivity index (χ0v) is 12.1. The fourth-order valence-corrected chi connectivity index (χ4v) is 3.63. The molecule has 110 valence electrons. The van der Waals surface area contributed by atoms with Gasteiger partial charge in [0, 0.05) is 19.6 Å². The van der Waals surface area contributed by atoms with E-state index in [1.807, 2.05) is 4.90 Å². The SMILES string of the molecule is Cn1ncnc1NC(=O)N1CCC[C@H]1C1CCCCC1. The predicted octanol–water partition coefficient (Wildman–Crippen LogP) is 2.39. The lowest BCUT2D eigenvalue weighted by atomic mass is 9.83. The number of amides is 2. The van der Waals surface area contributed by atoms with E-state index in [2.05, 4.69) is 15.4 Å². The average molecular weight is 277 g/mol. The van der Waals surface area contributed by atoms with Gasteiger partial charge < -0.3 is 4.90 Å². The van der Waals surface area contributed by atoms with Gasteiger partial charge in [0.15, 0.2) is 0 Å². The summed E-state index contributed by atoms with van der Waals surface area (Å²) >= 11 is 0. The first-order chi connectivity index (χ1) is 9.75. The second-order valence-electron chi connectivity index (χ2n) is 5.94. The Labute approximate surface area is 119 Å². The zero-order valence-electron chi connectivity index (χ0n) is 12.1. The van der Waals surface area contributed by atoms with Gasteiger partial charge in [-0.3, -0.25) is 5.32 Å². The predicted molar refractivity (Wildman–Crippen MR) is 76.3 cm³/mol. The highest BCUT2D eigenvalue weighted by Gasteiger charge is 2.35. The van der Waals surface area contributed by atoms with Gasteiger partial charge in [0.2, 0.25) is 5.95 Å². The van der Waals surface area contributed by atoms with Gasteiger partial charge in [0.25, 0.3) is 0 Å². The van der Waals surface area contributed by atoms with Crippen molar-refractivity contribution in [2.45, 2.75) is 51.0 Å². The molecule has 0 aromatic carbocycles. The summed E-state index contributed by atoms with van der Waals surface area (Å²) in [5.74, 6) is 1.21. The van der Waals surface area contributed by atoms with Crippen LogP contribution in [0.4, 0.5) is 10.7 Å². The quantitative estimate of drug-likeness (QED) is 0.902. The maximum absolute atomic E-state index is 12.5. The van der Waals surface area contributed by atoms with E-state index in [1.165, 1.54) is 38.4 Å². The molecule has 2 aliphatic rings. The highest BCUT2D eigenvalue weighted by atomic mass is 16.2. The first kappa shape index (κ1) is 13.4. The molecule has 1 aromatic heterocycles. The van der Waals surface area contributed by atoms with Gasteiger partial charge in [-0.1, -0.05) is 19.3 Å². The van der Waals surface area contributed by atoms with Crippen molar-refractivity contribution in [2.24, 2.45) is 13.0 Å². The van der Waals surface area contributed by atoms with Crippen LogP contribution >= 0.6 is 0 Å². The molecule has 20 heavy (non-hydrogen) atoms. The fraction of sp³-hybridized carbons (Fsp3) is 0.786. The van der Waals surface area contributed by atoms with Crippen LogP contribution in [0.15, 0.2) is 6.33 Å². The number of nitrogens with zero attached hydrogens (tertiary/aromatic N) is 4. The van der Waals surface area contributed by atoms with E-state index < -0.39 is 0 Å². The molecule has 6 heteroatoms. The van der Waals surface area contributed by atoms with E-state index in [-0.39, 0.29) is 6.03 Å². The summed E-state index contributed by atoms with van der Waals surface area (Å²) in [6.45, 7) is 0.866. The molecule has 2 fully saturated rings. The fourth-order valence-electron chi connectivity index (χ4n) is 3.63. The largest absolute Gasteiger partial charge is 0.324 e. The van der Waals surface area contributed by atoms with Gasteiger partial charge in [0.05, 0.1) is 0 Å². The Bertz CT molecular complexity index is 466. The van der Waals surface area contributed by atoms with Crippen LogP contribution < -0.4 is 5.32 Å². The molecule has 6 nitrogen and oxygen atoms in total. The molecule has 2 heterocycles. The number of likely N-dealkylation sites (tertiary alicyclic amines) is 1. The van der Waals surface area contributed by atoms with E-state index in [0.29, 0.717) is 17.9 Å². The number of nitrogens with one attached hydrogen (secondary N) is 1. The number of anilines is 1. The molecule has 1 aliphatic heterocycles. The van der Waals surface area contributed by atoms with Crippen molar-refractivity contribution in [3.05, 3.63) is 6.33 Å². The highest BCUT2D eigenvalue weighted by Crippen LogP contribution is 2.34. The van der Waals surface area contributed by atoms with E-state index in [9.17, 15) is 4.79 Å². The number of hydrogen-bond acceptors (Lipinski definition) is 3. The van der Waals surface area contributed by atoms with Crippen LogP contribution in [0.25, 0.3) is 0 Å². The minimum Gasteiger partial charge on any atom is -0.321 e. The van der Waals surface area contributed by atoms with Crippen molar-refractivity contribution >= 4 is 12.0 Å². The smallest absolute Gasteiger partial charge is 0.321 e. The number of aromatic nitrogens is 3. The molecule has 0 unspecified atom stereocenters. The van der Waals surface area contributed by atoms with Crippen molar-refractivity contribution in [3.8, 4) is 0 Å². The normalized spacial score (nSPS) is 24.1. The van der Waals surface area contributed by atoms with Crippen LogP contribution in [0.1, 0.15) is 44.9 Å². The Morgan fingerprint density at radius 3 is 2.75 bits per heavy atom. The Morgan fingerprint density at radius 1 is 1.25 bits per heavy atom. The van der Waals surface area contributed by atoms with Crippen molar-refractivity contribution in [1.29, 1.82) is 0 Å². The Kier molecular flexibility index (Phi) is 3.89. The minimum atomic E-state index is -0.0193. The summed E-state index contributed by atoms with van der Waals surface area (Å²) < 4.78 is 1.59. The second kappa shape index (κ2) is 5.81. The molecule has 1 N–H and O–H groups in total. The Balaban J connectivity index is 1.65. The molecule has 0 radical (unpaired) electrons.